The first-order valence-electron chi connectivity index (χ1n) is 3.96. The van der Waals surface area contributed by atoms with Crippen LogP contribution in [-0.4, -0.2) is 4.92 Å². The number of hydrogen-bond acceptors (Lipinski definition) is 2. The molecule has 0 saturated carbocycles. The van der Waals surface area contributed by atoms with Crippen LogP contribution in [0.5, 0.6) is 0 Å². The summed E-state index contributed by atoms with van der Waals surface area (Å²) < 4.78 is 0. The Bertz CT molecular complexity index is 346. The number of benzene rings is 1. The standard InChI is InChI=1S/C9H9NO2/c1-6-5-7-3-2-4-8(6)9(7)10(11)12/h2-4,6H,5H2,1H3. The number of nitro groups is 1. The van der Waals surface area contributed by atoms with Crippen molar-refractivity contribution in [3.05, 3.63) is 39.4 Å². The molecule has 0 amide bonds. The fourth-order valence-corrected chi connectivity index (χ4v) is 1.84. The highest BCUT2D eigenvalue weighted by Crippen LogP contribution is 2.39. The minimum atomic E-state index is -0.270. The van der Waals surface area contributed by atoms with Gasteiger partial charge in [-0.3, -0.25) is 10.1 Å². The molecule has 1 unspecified atom stereocenters. The molecule has 0 saturated heterocycles. The molecule has 1 aliphatic carbocycles. The molecule has 1 aromatic rings. The first kappa shape index (κ1) is 7.28. The third kappa shape index (κ3) is 0.826. The first-order chi connectivity index (χ1) is 5.70. The zero-order chi connectivity index (χ0) is 8.72. The maximum atomic E-state index is 10.6. The highest BCUT2D eigenvalue weighted by Gasteiger charge is 2.30. The third-order valence-electron chi connectivity index (χ3n) is 2.39. The second kappa shape index (κ2) is 2.30. The van der Waals surface area contributed by atoms with Crippen molar-refractivity contribution >= 4 is 5.69 Å². The van der Waals surface area contributed by atoms with E-state index < -0.39 is 0 Å². The Balaban J connectivity index is 2.64. The van der Waals surface area contributed by atoms with Crippen LogP contribution in [0.4, 0.5) is 5.69 Å². The lowest BCUT2D eigenvalue weighted by molar-refractivity contribution is -0.385. The number of fused-ring (bicyclic) bond motifs is 2. The summed E-state index contributed by atoms with van der Waals surface area (Å²) in [5, 5.41) is 10.6. The number of hydrogen-bond donors (Lipinski definition) is 0. The zero-order valence-corrected chi connectivity index (χ0v) is 6.78. The number of nitro benzene ring substituents is 1. The van der Waals surface area contributed by atoms with Crippen LogP contribution in [0.1, 0.15) is 24.0 Å². The topological polar surface area (TPSA) is 43.1 Å². The molecule has 1 aromatic carbocycles. The van der Waals surface area contributed by atoms with Gasteiger partial charge in [0.15, 0.2) is 0 Å². The second-order valence-electron chi connectivity index (χ2n) is 3.22. The molecule has 0 aliphatic heterocycles. The van der Waals surface area contributed by atoms with Crippen molar-refractivity contribution in [2.75, 3.05) is 0 Å². The zero-order valence-electron chi connectivity index (χ0n) is 6.78. The lowest BCUT2D eigenvalue weighted by atomic mass is 10.1. The summed E-state index contributed by atoms with van der Waals surface area (Å²) in [4.78, 5) is 10.4. The molecule has 3 nitrogen and oxygen atoms in total. The molecule has 0 aromatic heterocycles. The number of para-hydroxylation sites is 1. The summed E-state index contributed by atoms with van der Waals surface area (Å²) in [7, 11) is 0. The van der Waals surface area contributed by atoms with Crippen molar-refractivity contribution in [2.45, 2.75) is 19.3 Å². The van der Waals surface area contributed by atoms with Gasteiger partial charge in [-0.2, -0.15) is 0 Å². The van der Waals surface area contributed by atoms with E-state index in [0.717, 1.165) is 17.5 Å². The fraction of sp³-hybridized carbons (Fsp3) is 0.333. The van der Waals surface area contributed by atoms with Crippen molar-refractivity contribution in [3.63, 3.8) is 0 Å². The van der Waals surface area contributed by atoms with E-state index in [1.54, 1.807) is 0 Å². The lowest BCUT2D eigenvalue weighted by Gasteiger charge is -1.97. The van der Waals surface area contributed by atoms with Crippen LogP contribution in [0.3, 0.4) is 0 Å². The van der Waals surface area contributed by atoms with Gasteiger partial charge in [0, 0.05) is 11.1 Å². The second-order valence-corrected chi connectivity index (χ2v) is 3.22. The number of nitrogens with zero attached hydrogens (tertiary/aromatic N) is 1. The Kier molecular flexibility index (Phi) is 1.40. The van der Waals surface area contributed by atoms with Crippen LogP contribution in [-0.2, 0) is 6.42 Å². The lowest BCUT2D eigenvalue weighted by Crippen LogP contribution is -1.91. The number of rotatable bonds is 1. The van der Waals surface area contributed by atoms with Crippen molar-refractivity contribution in [1.82, 2.24) is 0 Å². The maximum Gasteiger partial charge on any atom is 0.276 e. The summed E-state index contributed by atoms with van der Waals surface area (Å²) in [6.07, 6.45) is 0.818. The quantitative estimate of drug-likeness (QED) is 0.470. The Morgan fingerprint density at radius 1 is 1.58 bits per heavy atom. The monoisotopic (exact) mass is 163 g/mol. The SMILES string of the molecule is CC1Cc2cccc1c2[N+](=O)[O-]. The van der Waals surface area contributed by atoms with Crippen LogP contribution >= 0.6 is 0 Å². The molecule has 12 heavy (non-hydrogen) atoms. The molecule has 62 valence electrons. The maximum absolute atomic E-state index is 10.6. The summed E-state index contributed by atoms with van der Waals surface area (Å²) in [5.41, 5.74) is 2.10. The molecule has 3 heteroatoms. The predicted molar refractivity (Wildman–Crippen MR) is 45.2 cm³/mol. The van der Waals surface area contributed by atoms with Crippen LogP contribution < -0.4 is 0 Å². The van der Waals surface area contributed by atoms with Crippen molar-refractivity contribution < 1.29 is 4.92 Å². The van der Waals surface area contributed by atoms with Gasteiger partial charge < -0.3 is 0 Å². The van der Waals surface area contributed by atoms with Gasteiger partial charge in [0.2, 0.25) is 0 Å². The summed E-state index contributed by atoms with van der Waals surface area (Å²) in [6, 6.07) is 5.57. The molecule has 1 atom stereocenters. The molecule has 0 radical (unpaired) electrons. The highest BCUT2D eigenvalue weighted by atomic mass is 16.6. The van der Waals surface area contributed by atoms with Gasteiger partial charge in [-0.25, -0.2) is 0 Å². The molecule has 2 rings (SSSR count). The van der Waals surface area contributed by atoms with E-state index in [9.17, 15) is 10.1 Å². The Morgan fingerprint density at radius 2 is 2.33 bits per heavy atom. The molecular formula is C9H9NO2. The molecule has 1 aliphatic rings. The van der Waals surface area contributed by atoms with Crippen LogP contribution in [0.2, 0.25) is 0 Å². The summed E-state index contributed by atoms with van der Waals surface area (Å²) in [6.45, 7) is 2.02. The Morgan fingerprint density at radius 3 is 2.83 bits per heavy atom. The summed E-state index contributed by atoms with van der Waals surface area (Å²) >= 11 is 0. The van der Waals surface area contributed by atoms with E-state index in [1.165, 1.54) is 0 Å². The van der Waals surface area contributed by atoms with E-state index in [1.807, 2.05) is 25.1 Å². The molecule has 0 fully saturated rings. The van der Waals surface area contributed by atoms with Gasteiger partial charge in [0.05, 0.1) is 4.92 Å². The normalized spacial score (nSPS) is 19.6. The van der Waals surface area contributed by atoms with Crippen molar-refractivity contribution in [2.24, 2.45) is 0 Å². The van der Waals surface area contributed by atoms with E-state index in [0.29, 0.717) is 11.6 Å². The molecule has 0 N–H and O–H groups in total. The van der Waals surface area contributed by atoms with Gasteiger partial charge >= 0.3 is 0 Å². The third-order valence-corrected chi connectivity index (χ3v) is 2.39. The minimum absolute atomic E-state index is 0.270. The van der Waals surface area contributed by atoms with E-state index >= 15 is 0 Å². The van der Waals surface area contributed by atoms with Gasteiger partial charge in [-0.15, -0.1) is 0 Å². The van der Waals surface area contributed by atoms with E-state index in [-0.39, 0.29) is 4.92 Å². The van der Waals surface area contributed by atoms with E-state index in [2.05, 4.69) is 0 Å². The molecule has 2 bridgehead atoms. The molecular weight excluding hydrogens is 154 g/mol. The van der Waals surface area contributed by atoms with E-state index in [4.69, 9.17) is 0 Å². The minimum Gasteiger partial charge on any atom is -0.258 e. The van der Waals surface area contributed by atoms with Crippen LogP contribution in [0.25, 0.3) is 0 Å². The van der Waals surface area contributed by atoms with Gasteiger partial charge in [0.1, 0.15) is 0 Å². The largest absolute Gasteiger partial charge is 0.276 e. The van der Waals surface area contributed by atoms with Crippen LogP contribution in [0, 0.1) is 10.1 Å². The molecule has 0 heterocycles. The Labute approximate surface area is 70.2 Å². The average molecular weight is 163 g/mol. The van der Waals surface area contributed by atoms with Gasteiger partial charge in [-0.05, 0) is 12.3 Å². The predicted octanol–water partition coefficient (Wildman–Crippen LogP) is 2.25. The van der Waals surface area contributed by atoms with Gasteiger partial charge in [0.25, 0.3) is 5.69 Å². The van der Waals surface area contributed by atoms with Crippen molar-refractivity contribution in [1.29, 1.82) is 0 Å². The van der Waals surface area contributed by atoms with Crippen LogP contribution in [0.15, 0.2) is 18.2 Å². The van der Waals surface area contributed by atoms with Gasteiger partial charge in [-0.1, -0.05) is 25.1 Å². The Hall–Kier alpha value is -1.38. The average Bonchev–Trinajstić information content (AvgIpc) is 2.20. The van der Waals surface area contributed by atoms with Crippen molar-refractivity contribution in [3.8, 4) is 0 Å². The first-order valence-corrected chi connectivity index (χ1v) is 3.96. The highest BCUT2D eigenvalue weighted by molar-refractivity contribution is 5.55. The molecule has 0 spiro atoms. The smallest absolute Gasteiger partial charge is 0.258 e. The summed E-state index contributed by atoms with van der Waals surface area (Å²) in [5.74, 6) is 0.315. The fourth-order valence-electron chi connectivity index (χ4n) is 1.84.